The molecule has 2 aliphatic heterocycles. The lowest BCUT2D eigenvalue weighted by Crippen LogP contribution is -2.41. The molecule has 5 rings (SSSR count). The predicted molar refractivity (Wildman–Crippen MR) is 134 cm³/mol. The van der Waals surface area contributed by atoms with Crippen LogP contribution in [0, 0.1) is 15.5 Å². The number of fused-ring (bicyclic) bond motifs is 1. The number of aliphatic imine (C=N–C) groups is 1. The second kappa shape index (κ2) is 9.12. The summed E-state index contributed by atoms with van der Waals surface area (Å²) in [7, 11) is 0. The minimum Gasteiger partial charge on any atom is -0.457 e. The average Bonchev–Trinajstić information content (AvgIpc) is 3.48. The van der Waals surface area contributed by atoms with Crippen molar-refractivity contribution in [2.75, 3.05) is 0 Å². The number of benzene rings is 2. The molecule has 3 heterocycles. The van der Waals surface area contributed by atoms with E-state index in [1.807, 2.05) is 30.3 Å². The first-order valence-electron chi connectivity index (χ1n) is 10.00. The van der Waals surface area contributed by atoms with Crippen molar-refractivity contribution < 1.29 is 14.1 Å². The zero-order valence-electron chi connectivity index (χ0n) is 17.4. The minimum atomic E-state index is -0.540. The molecule has 11 heteroatoms. The quantitative estimate of drug-likeness (QED) is 0.221. The number of carbonyl (C=O) groups excluding carboxylic acids is 1. The molecule has 2 aromatic carbocycles. The van der Waals surface area contributed by atoms with Crippen molar-refractivity contribution in [3.8, 4) is 11.3 Å². The van der Waals surface area contributed by atoms with Gasteiger partial charge in [-0.25, -0.2) is 4.90 Å². The maximum atomic E-state index is 12.6. The van der Waals surface area contributed by atoms with E-state index in [0.29, 0.717) is 33.2 Å². The fourth-order valence-corrected chi connectivity index (χ4v) is 5.09. The van der Waals surface area contributed by atoms with E-state index in [1.54, 1.807) is 29.2 Å². The molecule has 0 unspecified atom stereocenters. The van der Waals surface area contributed by atoms with Crippen LogP contribution in [0.1, 0.15) is 11.3 Å². The van der Waals surface area contributed by atoms with Crippen LogP contribution in [0.25, 0.3) is 17.4 Å². The maximum absolute atomic E-state index is 12.6. The highest BCUT2D eigenvalue weighted by Gasteiger charge is 2.37. The number of thioether (sulfide) groups is 1. The van der Waals surface area contributed by atoms with Crippen molar-refractivity contribution in [2.45, 2.75) is 5.75 Å². The molecule has 9 nitrogen and oxygen atoms in total. The molecule has 0 radical (unpaired) electrons. The van der Waals surface area contributed by atoms with Gasteiger partial charge in [-0.2, -0.15) is 9.39 Å². The highest BCUT2D eigenvalue weighted by Crippen LogP contribution is 2.33. The zero-order chi connectivity index (χ0) is 23.7. The number of non-ortho nitro benzene ring substituents is 1. The van der Waals surface area contributed by atoms with E-state index in [-0.39, 0.29) is 17.1 Å². The number of nitrogens with one attached hydrogen (secondary N) is 1. The molecule has 0 bridgehead atoms. The van der Waals surface area contributed by atoms with E-state index in [2.05, 4.69) is 9.39 Å². The molecule has 0 fully saturated rings. The first-order chi connectivity index (χ1) is 16.5. The van der Waals surface area contributed by atoms with Crippen LogP contribution in [-0.2, 0) is 10.5 Å². The summed E-state index contributed by atoms with van der Waals surface area (Å²) >= 11 is 2.54. The molecule has 0 aliphatic carbocycles. The van der Waals surface area contributed by atoms with Crippen molar-refractivity contribution in [2.24, 2.45) is 9.39 Å². The largest absolute Gasteiger partial charge is 0.457 e. The Morgan fingerprint density at radius 3 is 2.62 bits per heavy atom. The molecule has 0 saturated heterocycles. The Morgan fingerprint density at radius 2 is 1.88 bits per heavy atom. The number of furan rings is 1. The van der Waals surface area contributed by atoms with E-state index in [1.165, 1.54) is 30.0 Å². The van der Waals surface area contributed by atoms with Crippen LogP contribution < -0.4 is 0 Å². The molecule has 3 aromatic rings. The van der Waals surface area contributed by atoms with Crippen LogP contribution in [-0.4, -0.2) is 31.9 Å². The van der Waals surface area contributed by atoms with E-state index < -0.39 is 10.8 Å². The van der Waals surface area contributed by atoms with Crippen LogP contribution in [0.15, 0.2) is 86.1 Å². The van der Waals surface area contributed by atoms with E-state index >= 15 is 0 Å². The summed E-state index contributed by atoms with van der Waals surface area (Å²) in [5.41, 5.74) is 1.85. The number of nitro benzene ring substituents is 1. The van der Waals surface area contributed by atoms with Gasteiger partial charge < -0.3 is 4.42 Å². The number of nitrogens with zero attached hydrogens (tertiary/aromatic N) is 4. The van der Waals surface area contributed by atoms with Crippen LogP contribution >= 0.6 is 23.7 Å². The van der Waals surface area contributed by atoms with Gasteiger partial charge in [0.25, 0.3) is 11.6 Å². The first-order valence-corrected chi connectivity index (χ1v) is 11.8. The third kappa shape index (κ3) is 4.30. The monoisotopic (exact) mass is 489 g/mol. The molecule has 0 atom stereocenters. The smallest absolute Gasteiger partial charge is 0.283 e. The van der Waals surface area contributed by atoms with E-state index in [0.717, 1.165) is 17.5 Å². The number of amides is 1. The van der Waals surface area contributed by atoms with Gasteiger partial charge in [0.1, 0.15) is 17.4 Å². The third-order valence-electron chi connectivity index (χ3n) is 4.98. The number of amidine groups is 3. The second-order valence-electron chi connectivity index (χ2n) is 7.19. The zero-order valence-corrected chi connectivity index (χ0v) is 19.0. The number of rotatable bonds is 5. The molecular weight excluding hydrogens is 474 g/mol. The summed E-state index contributed by atoms with van der Waals surface area (Å²) in [6.45, 7) is 0. The SMILES string of the molecule is N=C1/C(=C/c2ccc(-c3ccc([N+](=O)[O-])cc3)o2)C(=O)N=C2SN=C(SCc3ccccc3)N12. The van der Waals surface area contributed by atoms with Gasteiger partial charge in [0, 0.05) is 23.4 Å². The van der Waals surface area contributed by atoms with Gasteiger partial charge in [-0.05, 0) is 35.9 Å². The standard InChI is InChI=1S/C23H15N5O4S2/c24-20-18(12-17-10-11-19(32-17)15-6-8-16(9-7-15)28(30)31)21(29)25-22-27(20)23(26-34-22)33-13-14-4-2-1-3-5-14/h1-12,24H,13H2/b18-12-,24-20?. The number of nitro groups is 1. The van der Waals surface area contributed by atoms with Crippen molar-refractivity contribution in [3.05, 3.63) is 93.7 Å². The van der Waals surface area contributed by atoms with Crippen LogP contribution in [0.3, 0.4) is 0 Å². The summed E-state index contributed by atoms with van der Waals surface area (Å²) in [5, 5.41) is 20.4. The fourth-order valence-electron chi connectivity index (χ4n) is 3.29. The van der Waals surface area contributed by atoms with E-state index in [4.69, 9.17) is 9.83 Å². The normalized spacial score (nSPS) is 16.5. The molecule has 2 aliphatic rings. The van der Waals surface area contributed by atoms with Crippen LogP contribution in [0.4, 0.5) is 5.69 Å². The third-order valence-corrected chi connectivity index (χ3v) is 6.81. The molecule has 1 N–H and O–H groups in total. The Labute approximate surface area is 202 Å². The van der Waals surface area contributed by atoms with Gasteiger partial charge in [-0.3, -0.25) is 20.3 Å². The number of hydrogen-bond acceptors (Lipinski definition) is 8. The van der Waals surface area contributed by atoms with Crippen LogP contribution in [0.5, 0.6) is 0 Å². The van der Waals surface area contributed by atoms with Crippen molar-refractivity contribution >= 4 is 57.6 Å². The topological polar surface area (TPSA) is 125 Å². The van der Waals surface area contributed by atoms with Gasteiger partial charge in [-0.15, -0.1) is 0 Å². The Balaban J connectivity index is 1.36. The number of carbonyl (C=O) groups is 1. The molecule has 0 spiro atoms. The lowest BCUT2D eigenvalue weighted by atomic mass is 10.1. The Hall–Kier alpha value is -3.96. The fraction of sp³-hybridized carbons (Fsp3) is 0.0435. The highest BCUT2D eigenvalue weighted by molar-refractivity contribution is 8.18. The lowest BCUT2D eigenvalue weighted by molar-refractivity contribution is -0.384. The van der Waals surface area contributed by atoms with Gasteiger partial charge in [0.05, 0.1) is 22.4 Å². The summed E-state index contributed by atoms with van der Waals surface area (Å²) in [4.78, 5) is 28.6. The van der Waals surface area contributed by atoms with Crippen molar-refractivity contribution in [1.82, 2.24) is 4.90 Å². The Kier molecular flexibility index (Phi) is 5.86. The summed E-state index contributed by atoms with van der Waals surface area (Å²) in [6.07, 6.45) is 1.47. The Bertz CT molecular complexity index is 1390. The predicted octanol–water partition coefficient (Wildman–Crippen LogP) is 5.36. The van der Waals surface area contributed by atoms with Crippen molar-refractivity contribution in [1.29, 1.82) is 5.41 Å². The van der Waals surface area contributed by atoms with Crippen LogP contribution in [0.2, 0.25) is 0 Å². The summed E-state index contributed by atoms with van der Waals surface area (Å²) in [5.74, 6) is 0.954. The number of hydrogen-bond donors (Lipinski definition) is 1. The highest BCUT2D eigenvalue weighted by atomic mass is 32.2. The van der Waals surface area contributed by atoms with Gasteiger partial charge >= 0.3 is 0 Å². The average molecular weight is 490 g/mol. The van der Waals surface area contributed by atoms with Gasteiger partial charge in [0.2, 0.25) is 5.17 Å². The Morgan fingerprint density at radius 1 is 1.12 bits per heavy atom. The maximum Gasteiger partial charge on any atom is 0.283 e. The molecule has 1 aromatic heterocycles. The second-order valence-corrected chi connectivity index (χ2v) is 8.86. The van der Waals surface area contributed by atoms with Crippen molar-refractivity contribution in [3.63, 3.8) is 0 Å². The lowest BCUT2D eigenvalue weighted by Gasteiger charge is -2.24. The van der Waals surface area contributed by atoms with Gasteiger partial charge in [-0.1, -0.05) is 42.1 Å². The molecule has 168 valence electrons. The summed E-state index contributed by atoms with van der Waals surface area (Å²) in [6, 6.07) is 19.2. The van der Waals surface area contributed by atoms with E-state index in [9.17, 15) is 14.9 Å². The first kappa shape index (κ1) is 21.9. The molecule has 1 amide bonds. The molecule has 34 heavy (non-hydrogen) atoms. The minimum absolute atomic E-state index is 0.0151. The summed E-state index contributed by atoms with van der Waals surface area (Å²) < 4.78 is 10.2. The molecular formula is C23H15N5O4S2. The molecule has 0 saturated carbocycles. The van der Waals surface area contributed by atoms with Gasteiger partial charge in [0.15, 0.2) is 5.17 Å².